The summed E-state index contributed by atoms with van der Waals surface area (Å²) in [5.41, 5.74) is -0.757. The van der Waals surface area contributed by atoms with Crippen molar-refractivity contribution in [3.8, 4) is 0 Å². The summed E-state index contributed by atoms with van der Waals surface area (Å²) in [4.78, 5) is 14.9. The van der Waals surface area contributed by atoms with Gasteiger partial charge in [-0.3, -0.25) is 0 Å². The number of benzene rings is 1. The second-order valence-electron chi connectivity index (χ2n) is 7.16. The molecule has 0 radical (unpaired) electrons. The number of hydrogen-bond acceptors (Lipinski definition) is 9. The Labute approximate surface area is 193 Å². The molecule has 0 saturated heterocycles. The number of aliphatic hydroxyl groups excluding tert-OH is 5. The molecule has 2 aromatic rings. The largest absolute Gasteiger partial charge is 0.478 e. The monoisotopic (exact) mass is 491 g/mol. The topological polar surface area (TPSA) is 175 Å². The first kappa shape index (κ1) is 29.2. The van der Waals surface area contributed by atoms with Gasteiger partial charge in [-0.2, -0.15) is 13.2 Å². The van der Waals surface area contributed by atoms with E-state index in [9.17, 15) is 23.1 Å². The van der Waals surface area contributed by atoms with E-state index < -0.39 is 48.7 Å². The summed E-state index contributed by atoms with van der Waals surface area (Å²) in [7, 11) is 1.57. The molecular formula is C21H28F3N3O7. The standard InChI is InChI=1S/C14H11F3N2O2.C7H17NO5/c1-8-10(14(15,16)17)5-2-6-11(8)19-12-9(13(20)21)4-3-7-18-12;1-8-2-4(10)6(12)7(13)5(11)3-9/h2-7H,1H3,(H,18,19)(H,20,21);4-13H,2-3H2,1H3. The summed E-state index contributed by atoms with van der Waals surface area (Å²) in [6.07, 6.45) is -8.76. The number of hydrogen-bond donors (Lipinski definition) is 8. The van der Waals surface area contributed by atoms with Gasteiger partial charge >= 0.3 is 12.1 Å². The fourth-order valence-corrected chi connectivity index (χ4v) is 2.78. The quantitative estimate of drug-likeness (QED) is 0.246. The number of anilines is 2. The van der Waals surface area contributed by atoms with Crippen LogP contribution >= 0.6 is 0 Å². The van der Waals surface area contributed by atoms with E-state index in [4.69, 9.17) is 25.5 Å². The third-order valence-corrected chi connectivity index (χ3v) is 4.67. The second-order valence-corrected chi connectivity index (χ2v) is 7.16. The zero-order valence-electron chi connectivity index (χ0n) is 18.4. The zero-order valence-corrected chi connectivity index (χ0v) is 18.4. The number of rotatable bonds is 9. The van der Waals surface area contributed by atoms with Crippen molar-refractivity contribution in [3.05, 3.63) is 53.2 Å². The Hall–Kier alpha value is -2.81. The van der Waals surface area contributed by atoms with Gasteiger partial charge in [0.05, 0.1) is 18.3 Å². The Balaban J connectivity index is 0.000000385. The molecule has 1 heterocycles. The average molecular weight is 491 g/mol. The molecule has 0 fully saturated rings. The third kappa shape index (κ3) is 8.20. The highest BCUT2D eigenvalue weighted by molar-refractivity contribution is 5.94. The van der Waals surface area contributed by atoms with Crippen molar-refractivity contribution in [3.63, 3.8) is 0 Å². The first-order valence-electron chi connectivity index (χ1n) is 9.94. The molecule has 4 atom stereocenters. The summed E-state index contributed by atoms with van der Waals surface area (Å²) in [6, 6.07) is 6.41. The Bertz CT molecular complexity index is 931. The fourth-order valence-electron chi connectivity index (χ4n) is 2.78. The number of likely N-dealkylation sites (N-methyl/N-ethyl adjacent to an activating group) is 1. The van der Waals surface area contributed by atoms with Gasteiger partial charge < -0.3 is 41.3 Å². The Kier molecular flexibility index (Phi) is 11.3. The summed E-state index contributed by atoms with van der Waals surface area (Å²) in [6.45, 7) is 0.745. The van der Waals surface area contributed by atoms with Gasteiger partial charge in [-0.1, -0.05) is 6.07 Å². The van der Waals surface area contributed by atoms with Crippen molar-refractivity contribution in [1.82, 2.24) is 10.3 Å². The molecule has 13 heteroatoms. The molecule has 8 N–H and O–H groups in total. The second kappa shape index (κ2) is 13.2. The molecule has 4 unspecified atom stereocenters. The van der Waals surface area contributed by atoms with E-state index >= 15 is 0 Å². The van der Waals surface area contributed by atoms with Gasteiger partial charge in [0.25, 0.3) is 0 Å². The average Bonchev–Trinajstić information content (AvgIpc) is 2.78. The predicted molar refractivity (Wildman–Crippen MR) is 116 cm³/mol. The number of carboxylic acids is 1. The maximum atomic E-state index is 12.8. The number of halogens is 3. The Morgan fingerprint density at radius 3 is 2.21 bits per heavy atom. The number of aromatic nitrogens is 1. The van der Waals surface area contributed by atoms with Crippen LogP contribution in [0.15, 0.2) is 36.5 Å². The van der Waals surface area contributed by atoms with E-state index in [0.29, 0.717) is 0 Å². The van der Waals surface area contributed by atoms with Crippen LogP contribution in [0.5, 0.6) is 0 Å². The van der Waals surface area contributed by atoms with Crippen LogP contribution in [0.25, 0.3) is 0 Å². The molecule has 34 heavy (non-hydrogen) atoms. The van der Waals surface area contributed by atoms with Gasteiger partial charge in [0.1, 0.15) is 29.7 Å². The van der Waals surface area contributed by atoms with Gasteiger partial charge in [0.15, 0.2) is 0 Å². The highest BCUT2D eigenvalue weighted by atomic mass is 19.4. The molecule has 10 nitrogen and oxygen atoms in total. The number of nitrogens with one attached hydrogen (secondary N) is 2. The van der Waals surface area contributed by atoms with Crippen LogP contribution in [-0.4, -0.2) is 86.2 Å². The normalized spacial score (nSPS) is 14.9. The molecule has 0 saturated carbocycles. The van der Waals surface area contributed by atoms with E-state index in [-0.39, 0.29) is 29.2 Å². The van der Waals surface area contributed by atoms with Gasteiger partial charge in [-0.05, 0) is 43.8 Å². The van der Waals surface area contributed by atoms with E-state index in [0.717, 1.165) is 6.07 Å². The van der Waals surface area contributed by atoms with Crippen LogP contribution < -0.4 is 10.6 Å². The van der Waals surface area contributed by atoms with Crippen LogP contribution in [0, 0.1) is 6.92 Å². The van der Waals surface area contributed by atoms with E-state index in [2.05, 4.69) is 15.6 Å². The molecule has 0 aliphatic rings. The van der Waals surface area contributed by atoms with Crippen LogP contribution in [-0.2, 0) is 6.18 Å². The number of aliphatic hydroxyl groups is 5. The summed E-state index contributed by atoms with van der Waals surface area (Å²) in [5.74, 6) is -1.22. The Morgan fingerprint density at radius 1 is 1.06 bits per heavy atom. The highest BCUT2D eigenvalue weighted by Crippen LogP contribution is 2.35. The van der Waals surface area contributed by atoms with Crippen molar-refractivity contribution in [2.24, 2.45) is 0 Å². The van der Waals surface area contributed by atoms with Gasteiger partial charge in [-0.25, -0.2) is 9.78 Å². The molecule has 190 valence electrons. The lowest BCUT2D eigenvalue weighted by Gasteiger charge is -2.25. The smallest absolute Gasteiger partial charge is 0.416 e. The van der Waals surface area contributed by atoms with Crippen molar-refractivity contribution >= 4 is 17.5 Å². The van der Waals surface area contributed by atoms with Crippen LogP contribution in [0.1, 0.15) is 21.5 Å². The summed E-state index contributed by atoms with van der Waals surface area (Å²) in [5, 5.41) is 59.2. The lowest BCUT2D eigenvalue weighted by atomic mass is 10.0. The lowest BCUT2D eigenvalue weighted by Crippen LogP contribution is -2.48. The van der Waals surface area contributed by atoms with Gasteiger partial charge in [-0.15, -0.1) is 0 Å². The molecular weight excluding hydrogens is 463 g/mol. The zero-order chi connectivity index (χ0) is 26.1. The Morgan fingerprint density at radius 2 is 1.68 bits per heavy atom. The first-order chi connectivity index (χ1) is 15.8. The minimum Gasteiger partial charge on any atom is -0.478 e. The molecule has 2 rings (SSSR count). The van der Waals surface area contributed by atoms with Crippen LogP contribution in [0.3, 0.4) is 0 Å². The summed E-state index contributed by atoms with van der Waals surface area (Å²) < 4.78 is 38.5. The van der Waals surface area contributed by atoms with E-state index in [1.807, 2.05) is 0 Å². The first-order valence-corrected chi connectivity index (χ1v) is 9.94. The van der Waals surface area contributed by atoms with Gasteiger partial charge in [0.2, 0.25) is 0 Å². The number of alkyl halides is 3. The molecule has 0 spiro atoms. The minimum atomic E-state index is -4.47. The SMILES string of the molecule is CNCC(O)C(O)C(O)C(O)CO.Cc1c(Nc2ncccc2C(=O)O)cccc1C(F)(F)F. The van der Waals surface area contributed by atoms with E-state index in [1.165, 1.54) is 37.4 Å². The van der Waals surface area contributed by atoms with Crippen LogP contribution in [0.4, 0.5) is 24.7 Å². The summed E-state index contributed by atoms with van der Waals surface area (Å²) >= 11 is 0. The maximum Gasteiger partial charge on any atom is 0.416 e. The molecule has 1 aromatic carbocycles. The number of nitrogens with zero attached hydrogens (tertiary/aromatic N) is 1. The minimum absolute atomic E-state index is 0.00701. The van der Waals surface area contributed by atoms with Gasteiger partial charge in [0, 0.05) is 18.4 Å². The van der Waals surface area contributed by atoms with Crippen LogP contribution in [0.2, 0.25) is 0 Å². The maximum absolute atomic E-state index is 12.8. The number of aromatic carboxylic acids is 1. The number of carboxylic acid groups (broad SMARTS) is 1. The van der Waals surface area contributed by atoms with Crippen molar-refractivity contribution in [2.45, 2.75) is 37.5 Å². The number of carbonyl (C=O) groups is 1. The molecule has 0 aliphatic heterocycles. The molecule has 1 aromatic heterocycles. The third-order valence-electron chi connectivity index (χ3n) is 4.67. The van der Waals surface area contributed by atoms with Crippen molar-refractivity contribution < 1.29 is 48.6 Å². The molecule has 0 aliphatic carbocycles. The van der Waals surface area contributed by atoms with E-state index in [1.54, 1.807) is 7.05 Å². The predicted octanol–water partition coefficient (Wildman–Crippen LogP) is 0.492. The number of pyridine rings is 1. The van der Waals surface area contributed by atoms with Crippen molar-refractivity contribution in [1.29, 1.82) is 0 Å². The molecule has 0 bridgehead atoms. The lowest BCUT2D eigenvalue weighted by molar-refractivity contribution is -0.138. The van der Waals surface area contributed by atoms with Crippen molar-refractivity contribution in [2.75, 3.05) is 25.5 Å². The fraction of sp³-hybridized carbons (Fsp3) is 0.429. The molecule has 0 amide bonds. The highest BCUT2D eigenvalue weighted by Gasteiger charge is 2.33.